The third kappa shape index (κ3) is 5.83. The quantitative estimate of drug-likeness (QED) is 0.258. The molecule has 1 aliphatic heterocycles. The summed E-state index contributed by atoms with van der Waals surface area (Å²) in [5.41, 5.74) is 2.89. The lowest BCUT2D eigenvalue weighted by molar-refractivity contribution is -0.145. The van der Waals surface area contributed by atoms with Gasteiger partial charge in [-0.3, -0.25) is 19.3 Å². The number of aryl methyl sites for hydroxylation is 1. The highest BCUT2D eigenvalue weighted by molar-refractivity contribution is 14.1. The number of halogens is 1. The summed E-state index contributed by atoms with van der Waals surface area (Å²) in [7, 11) is 1.54. The molecular weight excluding hydrogens is 545 g/mol. The molecule has 0 unspecified atom stereocenters. The molecule has 0 aromatic heterocycles. The Morgan fingerprint density at radius 1 is 1.19 bits per heavy atom. The predicted molar refractivity (Wildman–Crippen MR) is 131 cm³/mol. The number of thioether (sulfide) groups is 1. The Morgan fingerprint density at radius 2 is 1.91 bits per heavy atom. The second kappa shape index (κ2) is 10.9. The van der Waals surface area contributed by atoms with Gasteiger partial charge in [-0.15, -0.1) is 0 Å². The first-order chi connectivity index (χ1) is 15.3. The number of methoxy groups -OCH3 is 1. The molecule has 2 aromatic rings. The topological polar surface area (TPSA) is 82.1 Å². The number of hydrogen-bond acceptors (Lipinski definition) is 7. The zero-order chi connectivity index (χ0) is 23.3. The van der Waals surface area contributed by atoms with E-state index in [1.54, 1.807) is 26.2 Å². The Hall–Kier alpha value is -2.53. The number of benzene rings is 2. The van der Waals surface area contributed by atoms with E-state index in [1.165, 1.54) is 5.56 Å². The third-order valence-corrected chi connectivity index (χ3v) is 6.23. The van der Waals surface area contributed by atoms with Gasteiger partial charge in [0.1, 0.15) is 13.2 Å². The van der Waals surface area contributed by atoms with Crippen molar-refractivity contribution in [3.63, 3.8) is 0 Å². The van der Waals surface area contributed by atoms with Crippen LogP contribution in [0.1, 0.15) is 23.6 Å². The summed E-state index contributed by atoms with van der Waals surface area (Å²) in [6, 6.07) is 11.7. The number of imide groups is 1. The van der Waals surface area contributed by atoms with Crippen molar-refractivity contribution in [3.05, 3.63) is 61.6 Å². The Labute approximate surface area is 204 Å². The second-order valence-electron chi connectivity index (χ2n) is 6.88. The van der Waals surface area contributed by atoms with E-state index < -0.39 is 23.7 Å². The molecule has 1 saturated heterocycles. The molecule has 1 aliphatic rings. The monoisotopic (exact) mass is 567 g/mol. The smallest absolute Gasteiger partial charge is 0.326 e. The van der Waals surface area contributed by atoms with Crippen LogP contribution in [0.3, 0.4) is 0 Å². The molecule has 32 heavy (non-hydrogen) atoms. The molecule has 9 heteroatoms. The van der Waals surface area contributed by atoms with Crippen LogP contribution in [0.15, 0.2) is 41.3 Å². The molecule has 1 fully saturated rings. The van der Waals surface area contributed by atoms with Crippen LogP contribution in [0.5, 0.6) is 11.5 Å². The fourth-order valence-corrected chi connectivity index (χ4v) is 4.55. The number of carbonyl (C=O) groups is 3. The summed E-state index contributed by atoms with van der Waals surface area (Å²) in [5, 5.41) is -0.506. The zero-order valence-electron chi connectivity index (χ0n) is 17.8. The lowest BCUT2D eigenvalue weighted by Gasteiger charge is -2.14. The molecule has 0 saturated carbocycles. The molecule has 0 radical (unpaired) electrons. The van der Waals surface area contributed by atoms with Crippen molar-refractivity contribution >= 4 is 57.5 Å². The summed E-state index contributed by atoms with van der Waals surface area (Å²) in [5.74, 6) is -0.0358. The fraction of sp³-hybridized carbons (Fsp3) is 0.261. The van der Waals surface area contributed by atoms with Gasteiger partial charge < -0.3 is 14.2 Å². The number of esters is 1. The second-order valence-corrected chi connectivity index (χ2v) is 9.04. The number of hydrogen-bond donors (Lipinski definition) is 0. The maximum absolute atomic E-state index is 12.6. The average molecular weight is 567 g/mol. The molecule has 168 valence electrons. The summed E-state index contributed by atoms with van der Waals surface area (Å²) in [6.45, 7) is 3.86. The van der Waals surface area contributed by atoms with E-state index in [4.69, 9.17) is 14.2 Å². The molecule has 0 spiro atoms. The van der Waals surface area contributed by atoms with Gasteiger partial charge in [0.2, 0.25) is 0 Å². The first kappa shape index (κ1) is 24.1. The van der Waals surface area contributed by atoms with Gasteiger partial charge in [0.15, 0.2) is 11.5 Å². The Morgan fingerprint density at radius 3 is 2.56 bits per heavy atom. The molecule has 0 atom stereocenters. The number of ether oxygens (including phenoxy) is 3. The van der Waals surface area contributed by atoms with Crippen molar-refractivity contribution in [3.8, 4) is 11.5 Å². The van der Waals surface area contributed by atoms with Crippen LogP contribution in [0.4, 0.5) is 4.79 Å². The highest BCUT2D eigenvalue weighted by Crippen LogP contribution is 2.37. The molecular formula is C23H22INO6S. The lowest BCUT2D eigenvalue weighted by Crippen LogP contribution is -2.34. The predicted octanol–water partition coefficient (Wildman–Crippen LogP) is 4.79. The van der Waals surface area contributed by atoms with E-state index in [9.17, 15) is 14.4 Å². The van der Waals surface area contributed by atoms with Crippen LogP contribution in [0.2, 0.25) is 0 Å². The van der Waals surface area contributed by atoms with Gasteiger partial charge in [-0.1, -0.05) is 29.8 Å². The molecule has 2 amide bonds. The van der Waals surface area contributed by atoms with Crippen molar-refractivity contribution in [2.75, 3.05) is 20.3 Å². The standard InChI is InChI=1S/C23H22INO6S/c1-4-30-20(26)12-25-22(27)19(32-23(25)28)11-16-9-17(24)21(18(10-16)29-3)31-13-15-7-5-14(2)6-8-15/h5-11H,4,12-13H2,1-3H3/b19-11+. The van der Waals surface area contributed by atoms with Crippen LogP contribution in [-0.4, -0.2) is 42.3 Å². The van der Waals surface area contributed by atoms with Crippen LogP contribution < -0.4 is 9.47 Å². The number of amides is 2. The van der Waals surface area contributed by atoms with Crippen molar-refractivity contribution in [2.24, 2.45) is 0 Å². The summed E-state index contributed by atoms with van der Waals surface area (Å²) in [6.07, 6.45) is 1.60. The highest BCUT2D eigenvalue weighted by atomic mass is 127. The van der Waals surface area contributed by atoms with Gasteiger partial charge >= 0.3 is 5.97 Å². The molecule has 0 bridgehead atoms. The fourth-order valence-electron chi connectivity index (χ4n) is 2.93. The lowest BCUT2D eigenvalue weighted by atomic mass is 10.1. The largest absolute Gasteiger partial charge is 0.493 e. The molecule has 0 N–H and O–H groups in total. The number of rotatable bonds is 8. The first-order valence-corrected chi connectivity index (χ1v) is 11.7. The Kier molecular flexibility index (Phi) is 8.19. The van der Waals surface area contributed by atoms with E-state index in [0.29, 0.717) is 23.7 Å². The van der Waals surface area contributed by atoms with Crippen molar-refractivity contribution in [1.82, 2.24) is 4.90 Å². The molecule has 7 nitrogen and oxygen atoms in total. The van der Waals surface area contributed by atoms with Crippen molar-refractivity contribution in [1.29, 1.82) is 0 Å². The normalized spacial score (nSPS) is 14.8. The van der Waals surface area contributed by atoms with E-state index in [0.717, 1.165) is 25.8 Å². The van der Waals surface area contributed by atoms with Gasteiger partial charge in [-0.25, -0.2) is 0 Å². The molecule has 3 rings (SSSR count). The average Bonchev–Trinajstić information content (AvgIpc) is 3.01. The summed E-state index contributed by atoms with van der Waals surface area (Å²) in [4.78, 5) is 37.6. The zero-order valence-corrected chi connectivity index (χ0v) is 20.8. The molecule has 0 aliphatic carbocycles. The van der Waals surface area contributed by atoms with Gasteiger partial charge in [-0.2, -0.15) is 0 Å². The number of carbonyl (C=O) groups excluding carboxylic acids is 3. The Balaban J connectivity index is 1.78. The van der Waals surface area contributed by atoms with E-state index >= 15 is 0 Å². The number of nitrogens with zero attached hydrogens (tertiary/aromatic N) is 1. The minimum absolute atomic E-state index is 0.182. The SMILES string of the molecule is CCOC(=O)CN1C(=O)S/C(=C/c2cc(I)c(OCc3ccc(C)cc3)c(OC)c2)C1=O. The van der Waals surface area contributed by atoms with E-state index in [1.807, 2.05) is 37.3 Å². The van der Waals surface area contributed by atoms with Crippen LogP contribution in [0, 0.1) is 10.5 Å². The van der Waals surface area contributed by atoms with Gasteiger partial charge in [-0.05, 0) is 77.5 Å². The first-order valence-electron chi connectivity index (χ1n) is 9.79. The van der Waals surface area contributed by atoms with Gasteiger partial charge in [0.25, 0.3) is 11.1 Å². The van der Waals surface area contributed by atoms with E-state index in [-0.39, 0.29) is 11.5 Å². The third-order valence-electron chi connectivity index (χ3n) is 4.52. The minimum Gasteiger partial charge on any atom is -0.493 e. The van der Waals surface area contributed by atoms with Crippen LogP contribution in [0.25, 0.3) is 6.08 Å². The molecule has 2 aromatic carbocycles. The van der Waals surface area contributed by atoms with E-state index in [2.05, 4.69) is 22.6 Å². The van der Waals surface area contributed by atoms with Crippen molar-refractivity contribution < 1.29 is 28.6 Å². The minimum atomic E-state index is -0.623. The Bertz CT molecular complexity index is 1070. The van der Waals surface area contributed by atoms with Crippen LogP contribution in [-0.2, 0) is 20.9 Å². The van der Waals surface area contributed by atoms with Crippen LogP contribution >= 0.6 is 34.4 Å². The van der Waals surface area contributed by atoms with Crippen molar-refractivity contribution in [2.45, 2.75) is 20.5 Å². The maximum Gasteiger partial charge on any atom is 0.326 e. The highest BCUT2D eigenvalue weighted by Gasteiger charge is 2.36. The van der Waals surface area contributed by atoms with Gasteiger partial charge in [0, 0.05) is 0 Å². The molecule has 1 heterocycles. The summed E-state index contributed by atoms with van der Waals surface area (Å²) >= 11 is 2.93. The maximum atomic E-state index is 12.6. The van der Waals surface area contributed by atoms with Gasteiger partial charge in [0.05, 0.1) is 22.2 Å². The summed E-state index contributed by atoms with van der Waals surface area (Å²) < 4.78 is 17.1.